The number of likely N-dealkylation sites (tertiary alicyclic amines) is 1. The van der Waals surface area contributed by atoms with E-state index in [1.807, 2.05) is 59.5 Å². The molecular formula is C18H20N2O. The summed E-state index contributed by atoms with van der Waals surface area (Å²) in [4.78, 5) is 14.8. The van der Waals surface area contributed by atoms with Crippen molar-refractivity contribution in [2.24, 2.45) is 5.73 Å². The average molecular weight is 280 g/mol. The lowest BCUT2D eigenvalue weighted by atomic mass is 9.98. The largest absolute Gasteiger partial charge is 0.334 e. The third-order valence-electron chi connectivity index (χ3n) is 4.15. The summed E-state index contributed by atoms with van der Waals surface area (Å²) in [6, 6.07) is 18.1. The molecule has 3 rings (SSSR count). The van der Waals surface area contributed by atoms with Crippen LogP contribution in [0.25, 0.3) is 11.1 Å². The van der Waals surface area contributed by atoms with Crippen molar-refractivity contribution in [2.75, 3.05) is 13.1 Å². The van der Waals surface area contributed by atoms with Crippen LogP contribution in [0.3, 0.4) is 0 Å². The Hall–Kier alpha value is -2.13. The molecule has 1 fully saturated rings. The lowest BCUT2D eigenvalue weighted by Crippen LogP contribution is -2.40. The Morgan fingerprint density at radius 1 is 1.10 bits per heavy atom. The first-order valence-electron chi connectivity index (χ1n) is 7.46. The second-order valence-corrected chi connectivity index (χ2v) is 5.44. The fourth-order valence-electron chi connectivity index (χ4n) is 3.04. The zero-order valence-electron chi connectivity index (χ0n) is 12.0. The van der Waals surface area contributed by atoms with E-state index in [2.05, 4.69) is 0 Å². The molecule has 1 amide bonds. The van der Waals surface area contributed by atoms with Gasteiger partial charge in [0.05, 0.1) is 0 Å². The molecule has 2 aromatic carbocycles. The predicted molar refractivity (Wildman–Crippen MR) is 85.0 cm³/mol. The van der Waals surface area contributed by atoms with Crippen molar-refractivity contribution in [2.45, 2.75) is 18.9 Å². The summed E-state index contributed by atoms with van der Waals surface area (Å²) in [6.45, 7) is 1.35. The van der Waals surface area contributed by atoms with Gasteiger partial charge < -0.3 is 10.6 Å². The molecule has 1 aliphatic rings. The molecule has 1 unspecified atom stereocenters. The highest BCUT2D eigenvalue weighted by molar-refractivity contribution is 6.01. The number of nitrogens with two attached hydrogens (primary N) is 1. The maximum Gasteiger partial charge on any atom is 0.254 e. The van der Waals surface area contributed by atoms with Crippen LogP contribution in [0.15, 0.2) is 54.6 Å². The van der Waals surface area contributed by atoms with E-state index in [-0.39, 0.29) is 11.9 Å². The van der Waals surface area contributed by atoms with Gasteiger partial charge in [0, 0.05) is 24.7 Å². The van der Waals surface area contributed by atoms with Gasteiger partial charge in [0.15, 0.2) is 0 Å². The second-order valence-electron chi connectivity index (χ2n) is 5.44. The Morgan fingerprint density at radius 2 is 1.81 bits per heavy atom. The van der Waals surface area contributed by atoms with Crippen molar-refractivity contribution >= 4 is 5.91 Å². The first-order chi connectivity index (χ1) is 10.3. The van der Waals surface area contributed by atoms with E-state index in [0.717, 1.165) is 36.1 Å². The maximum absolute atomic E-state index is 12.9. The van der Waals surface area contributed by atoms with Crippen molar-refractivity contribution in [3.8, 4) is 11.1 Å². The summed E-state index contributed by atoms with van der Waals surface area (Å²) in [7, 11) is 0. The molecule has 3 nitrogen and oxygen atoms in total. The first-order valence-corrected chi connectivity index (χ1v) is 7.46. The fourth-order valence-corrected chi connectivity index (χ4v) is 3.04. The van der Waals surface area contributed by atoms with E-state index in [9.17, 15) is 4.79 Å². The highest BCUT2D eigenvalue weighted by atomic mass is 16.2. The monoisotopic (exact) mass is 280 g/mol. The number of nitrogens with zero attached hydrogens (tertiary/aromatic N) is 1. The number of hydrogen-bond donors (Lipinski definition) is 1. The van der Waals surface area contributed by atoms with Gasteiger partial charge in [-0.1, -0.05) is 48.5 Å². The minimum absolute atomic E-state index is 0.0994. The van der Waals surface area contributed by atoms with Crippen molar-refractivity contribution in [1.82, 2.24) is 4.90 Å². The topological polar surface area (TPSA) is 46.3 Å². The minimum atomic E-state index is 0.0994. The second kappa shape index (κ2) is 6.10. The molecule has 21 heavy (non-hydrogen) atoms. The van der Waals surface area contributed by atoms with Crippen LogP contribution >= 0.6 is 0 Å². The van der Waals surface area contributed by atoms with Crippen molar-refractivity contribution in [3.05, 3.63) is 60.2 Å². The fraction of sp³-hybridized carbons (Fsp3) is 0.278. The quantitative estimate of drug-likeness (QED) is 0.939. The van der Waals surface area contributed by atoms with Crippen molar-refractivity contribution in [3.63, 3.8) is 0 Å². The van der Waals surface area contributed by atoms with E-state index in [4.69, 9.17) is 5.73 Å². The molecule has 1 aliphatic heterocycles. The lowest BCUT2D eigenvalue weighted by molar-refractivity contribution is 0.0742. The van der Waals surface area contributed by atoms with Crippen LogP contribution in [0, 0.1) is 0 Å². The summed E-state index contributed by atoms with van der Waals surface area (Å²) < 4.78 is 0. The maximum atomic E-state index is 12.9. The van der Waals surface area contributed by atoms with E-state index >= 15 is 0 Å². The van der Waals surface area contributed by atoms with E-state index < -0.39 is 0 Å². The van der Waals surface area contributed by atoms with Gasteiger partial charge in [0.1, 0.15) is 0 Å². The Labute approximate surface area is 125 Å². The number of benzene rings is 2. The first kappa shape index (κ1) is 13.8. The lowest BCUT2D eigenvalue weighted by Gasteiger charge is -2.24. The molecule has 0 saturated carbocycles. The summed E-state index contributed by atoms with van der Waals surface area (Å²) in [5, 5.41) is 0. The highest BCUT2D eigenvalue weighted by Gasteiger charge is 2.29. The van der Waals surface area contributed by atoms with Gasteiger partial charge in [-0.25, -0.2) is 0 Å². The SMILES string of the molecule is NCC1CCCN1C(=O)c1ccccc1-c1ccccc1. The molecule has 1 atom stereocenters. The number of rotatable bonds is 3. The van der Waals surface area contributed by atoms with E-state index in [0.29, 0.717) is 6.54 Å². The smallest absolute Gasteiger partial charge is 0.254 e. The predicted octanol–water partition coefficient (Wildman–Crippen LogP) is 2.92. The summed E-state index contributed by atoms with van der Waals surface area (Å²) in [5.41, 5.74) is 8.63. The molecule has 0 radical (unpaired) electrons. The summed E-state index contributed by atoms with van der Waals surface area (Å²) in [5.74, 6) is 0.0994. The molecule has 0 spiro atoms. The van der Waals surface area contributed by atoms with Crippen LogP contribution in [0.2, 0.25) is 0 Å². The number of carbonyl (C=O) groups excluding carboxylic acids is 1. The molecule has 1 heterocycles. The number of carbonyl (C=O) groups is 1. The molecule has 2 aromatic rings. The molecule has 0 aliphatic carbocycles. The Kier molecular flexibility index (Phi) is 4.02. The number of amides is 1. The van der Waals surface area contributed by atoms with Gasteiger partial charge in [-0.15, -0.1) is 0 Å². The van der Waals surface area contributed by atoms with Crippen LogP contribution in [0.1, 0.15) is 23.2 Å². The zero-order valence-corrected chi connectivity index (χ0v) is 12.0. The van der Waals surface area contributed by atoms with Gasteiger partial charge in [0.25, 0.3) is 5.91 Å². The summed E-state index contributed by atoms with van der Waals surface area (Å²) >= 11 is 0. The van der Waals surface area contributed by atoms with Gasteiger partial charge in [-0.05, 0) is 30.0 Å². The Balaban J connectivity index is 1.98. The third-order valence-corrected chi connectivity index (χ3v) is 4.15. The molecule has 0 bridgehead atoms. The van der Waals surface area contributed by atoms with Gasteiger partial charge >= 0.3 is 0 Å². The van der Waals surface area contributed by atoms with Crippen LogP contribution < -0.4 is 5.73 Å². The van der Waals surface area contributed by atoms with E-state index in [1.54, 1.807) is 0 Å². The Bertz CT molecular complexity index is 624. The van der Waals surface area contributed by atoms with E-state index in [1.165, 1.54) is 0 Å². The third kappa shape index (κ3) is 2.69. The van der Waals surface area contributed by atoms with Crippen molar-refractivity contribution in [1.29, 1.82) is 0 Å². The van der Waals surface area contributed by atoms with Crippen LogP contribution in [-0.4, -0.2) is 29.9 Å². The van der Waals surface area contributed by atoms with Crippen molar-refractivity contribution < 1.29 is 4.79 Å². The van der Waals surface area contributed by atoms with Crippen LogP contribution in [-0.2, 0) is 0 Å². The molecule has 2 N–H and O–H groups in total. The standard InChI is InChI=1S/C18H20N2O/c19-13-15-9-6-12-20(15)18(21)17-11-5-4-10-16(17)14-7-2-1-3-8-14/h1-5,7-8,10-11,15H,6,9,12-13,19H2. The van der Waals surface area contributed by atoms with Gasteiger partial charge in [-0.3, -0.25) is 4.79 Å². The molecule has 3 heteroatoms. The summed E-state index contributed by atoms with van der Waals surface area (Å²) in [6.07, 6.45) is 2.05. The minimum Gasteiger partial charge on any atom is -0.334 e. The molecular weight excluding hydrogens is 260 g/mol. The normalized spacial score (nSPS) is 18.0. The Morgan fingerprint density at radius 3 is 2.57 bits per heavy atom. The van der Waals surface area contributed by atoms with Crippen LogP contribution in [0.4, 0.5) is 0 Å². The van der Waals surface area contributed by atoms with Gasteiger partial charge in [0.2, 0.25) is 0 Å². The molecule has 108 valence electrons. The average Bonchev–Trinajstić information content (AvgIpc) is 3.03. The number of hydrogen-bond acceptors (Lipinski definition) is 2. The van der Waals surface area contributed by atoms with Crippen LogP contribution in [0.5, 0.6) is 0 Å². The van der Waals surface area contributed by atoms with Gasteiger partial charge in [-0.2, -0.15) is 0 Å². The molecule has 0 aromatic heterocycles. The highest BCUT2D eigenvalue weighted by Crippen LogP contribution is 2.27. The zero-order chi connectivity index (χ0) is 14.7. The molecule has 1 saturated heterocycles.